The summed E-state index contributed by atoms with van der Waals surface area (Å²) in [7, 11) is 1.60. The van der Waals surface area contributed by atoms with Crippen LogP contribution in [-0.2, 0) is 17.9 Å². The molecule has 12 heteroatoms. The number of aromatic nitrogens is 4. The largest absolute Gasteiger partial charge is 0.481 e. The number of hydrogen-bond donors (Lipinski definition) is 4. The number of halogens is 2. The molecule has 0 aliphatic carbocycles. The van der Waals surface area contributed by atoms with E-state index in [0.29, 0.717) is 59.9 Å². The lowest BCUT2D eigenvalue weighted by Crippen LogP contribution is -2.35. The van der Waals surface area contributed by atoms with Crippen molar-refractivity contribution < 1.29 is 14.6 Å². The molecule has 5 aromatic rings. The molecule has 45 heavy (non-hydrogen) atoms. The van der Waals surface area contributed by atoms with Crippen molar-refractivity contribution in [1.29, 1.82) is 0 Å². The van der Waals surface area contributed by atoms with Crippen LogP contribution in [0.2, 0.25) is 10.0 Å². The van der Waals surface area contributed by atoms with Gasteiger partial charge in [0.1, 0.15) is 0 Å². The van der Waals surface area contributed by atoms with Crippen LogP contribution < -0.4 is 20.7 Å². The minimum atomic E-state index is 0.0658. The van der Waals surface area contributed by atoms with Crippen LogP contribution in [0.3, 0.4) is 0 Å². The van der Waals surface area contributed by atoms with Crippen molar-refractivity contribution in [3.05, 3.63) is 88.2 Å². The number of ether oxygens (including phenoxy) is 1. The van der Waals surface area contributed by atoms with Crippen molar-refractivity contribution in [2.75, 3.05) is 26.8 Å². The molecule has 10 nitrogen and oxygen atoms in total. The van der Waals surface area contributed by atoms with Crippen molar-refractivity contribution in [3.8, 4) is 39.5 Å². The van der Waals surface area contributed by atoms with Crippen LogP contribution in [0.4, 0.5) is 0 Å². The average Bonchev–Trinajstić information content (AvgIpc) is 3.66. The van der Waals surface area contributed by atoms with E-state index in [-0.39, 0.29) is 18.6 Å². The number of aliphatic hydroxyl groups excluding tert-OH is 1. The SMILES string of the molecule is COc1nc(-c2cccc(-c3cccc(-c4ccc5nc(CNCCO)cn5n4)c3Cl)c2Cl)ccc1CNCC1CCC(=O)N1. The highest BCUT2D eigenvalue weighted by molar-refractivity contribution is 6.39. The average molecular weight is 647 g/mol. The smallest absolute Gasteiger partial charge is 0.220 e. The summed E-state index contributed by atoms with van der Waals surface area (Å²) in [5.74, 6) is 0.605. The Balaban J connectivity index is 1.25. The molecule has 4 heterocycles. The molecule has 6 rings (SSSR count). The van der Waals surface area contributed by atoms with Crippen LogP contribution in [0.5, 0.6) is 5.88 Å². The van der Waals surface area contributed by atoms with E-state index >= 15 is 0 Å². The highest BCUT2D eigenvalue weighted by Crippen LogP contribution is 2.42. The number of carbonyl (C=O) groups is 1. The van der Waals surface area contributed by atoms with Gasteiger partial charge in [0.15, 0.2) is 5.65 Å². The minimum Gasteiger partial charge on any atom is -0.481 e. The molecule has 1 aliphatic rings. The van der Waals surface area contributed by atoms with Crippen LogP contribution in [0.1, 0.15) is 24.1 Å². The number of amides is 1. The van der Waals surface area contributed by atoms with Crippen molar-refractivity contribution in [2.24, 2.45) is 0 Å². The summed E-state index contributed by atoms with van der Waals surface area (Å²) in [6.45, 7) is 2.33. The first-order valence-corrected chi connectivity index (χ1v) is 15.5. The number of nitrogens with one attached hydrogen (secondary N) is 3. The van der Waals surface area contributed by atoms with Crippen LogP contribution in [0.15, 0.2) is 66.9 Å². The number of nitrogens with zero attached hydrogens (tertiary/aromatic N) is 4. The second kappa shape index (κ2) is 13.9. The Morgan fingerprint density at radius 3 is 2.33 bits per heavy atom. The summed E-state index contributed by atoms with van der Waals surface area (Å²) < 4.78 is 7.36. The van der Waals surface area contributed by atoms with Gasteiger partial charge >= 0.3 is 0 Å². The molecule has 1 atom stereocenters. The molecule has 1 aliphatic heterocycles. The molecular formula is C33H33Cl2N7O3. The van der Waals surface area contributed by atoms with E-state index in [4.69, 9.17) is 43.1 Å². The summed E-state index contributed by atoms with van der Waals surface area (Å²) >= 11 is 14.1. The van der Waals surface area contributed by atoms with Crippen molar-refractivity contribution in [2.45, 2.75) is 32.0 Å². The number of carbonyl (C=O) groups excluding carboxylic acids is 1. The lowest BCUT2D eigenvalue weighted by atomic mass is 9.98. The third-order valence-corrected chi connectivity index (χ3v) is 8.54. The zero-order valence-electron chi connectivity index (χ0n) is 24.7. The van der Waals surface area contributed by atoms with Crippen molar-refractivity contribution in [1.82, 2.24) is 35.5 Å². The Morgan fingerprint density at radius 2 is 1.64 bits per heavy atom. The molecule has 1 amide bonds. The third kappa shape index (κ3) is 6.80. The topological polar surface area (TPSA) is 126 Å². The zero-order chi connectivity index (χ0) is 31.3. The van der Waals surface area contributed by atoms with Gasteiger partial charge in [0, 0.05) is 66.5 Å². The lowest BCUT2D eigenvalue weighted by Gasteiger charge is -2.15. The normalized spacial score (nSPS) is 14.7. The molecule has 232 valence electrons. The van der Waals surface area contributed by atoms with E-state index in [1.807, 2.05) is 66.9 Å². The first kappa shape index (κ1) is 30.9. The third-order valence-electron chi connectivity index (χ3n) is 7.73. The number of aliphatic hydroxyl groups is 1. The number of hydrogen-bond acceptors (Lipinski definition) is 8. The molecule has 0 bridgehead atoms. The predicted octanol–water partition coefficient (Wildman–Crippen LogP) is 4.89. The highest BCUT2D eigenvalue weighted by Gasteiger charge is 2.21. The maximum Gasteiger partial charge on any atom is 0.220 e. The first-order chi connectivity index (χ1) is 21.9. The van der Waals surface area contributed by atoms with E-state index in [1.165, 1.54) is 0 Å². The second-order valence-corrected chi connectivity index (χ2v) is 11.5. The van der Waals surface area contributed by atoms with Crippen LogP contribution in [-0.4, -0.2) is 63.4 Å². The van der Waals surface area contributed by atoms with Crippen LogP contribution in [0, 0.1) is 0 Å². The Morgan fingerprint density at radius 1 is 0.933 bits per heavy atom. The van der Waals surface area contributed by atoms with Gasteiger partial charge in [-0.3, -0.25) is 4.79 Å². The molecule has 1 fully saturated rings. The molecule has 1 unspecified atom stereocenters. The monoisotopic (exact) mass is 645 g/mol. The van der Waals surface area contributed by atoms with Gasteiger partial charge in [-0.1, -0.05) is 65.7 Å². The van der Waals surface area contributed by atoms with Gasteiger partial charge in [0.25, 0.3) is 0 Å². The second-order valence-electron chi connectivity index (χ2n) is 10.8. The quantitative estimate of drug-likeness (QED) is 0.141. The van der Waals surface area contributed by atoms with Gasteiger partial charge < -0.3 is 25.8 Å². The highest BCUT2D eigenvalue weighted by atomic mass is 35.5. The Hall–Kier alpha value is -4.06. The Labute approximate surface area is 270 Å². The first-order valence-electron chi connectivity index (χ1n) is 14.7. The molecule has 4 N–H and O–H groups in total. The molecule has 0 spiro atoms. The van der Waals surface area contributed by atoms with Gasteiger partial charge in [-0.25, -0.2) is 14.5 Å². The fourth-order valence-electron chi connectivity index (χ4n) is 5.47. The molecule has 2 aromatic carbocycles. The number of rotatable bonds is 12. The number of imidazole rings is 1. The molecule has 0 radical (unpaired) electrons. The van der Waals surface area contributed by atoms with Gasteiger partial charge in [-0.05, 0) is 24.6 Å². The van der Waals surface area contributed by atoms with Gasteiger partial charge in [-0.15, -0.1) is 0 Å². The van der Waals surface area contributed by atoms with E-state index in [1.54, 1.807) is 11.6 Å². The molecule has 1 saturated heterocycles. The minimum absolute atomic E-state index is 0.0658. The van der Waals surface area contributed by atoms with Crippen LogP contribution >= 0.6 is 23.2 Å². The number of fused-ring (bicyclic) bond motifs is 1. The van der Waals surface area contributed by atoms with E-state index in [9.17, 15) is 4.79 Å². The molecule has 3 aromatic heterocycles. The summed E-state index contributed by atoms with van der Waals surface area (Å²) in [6.07, 6.45) is 3.27. The zero-order valence-corrected chi connectivity index (χ0v) is 26.2. The van der Waals surface area contributed by atoms with Crippen LogP contribution in [0.25, 0.3) is 39.3 Å². The number of benzene rings is 2. The molecular weight excluding hydrogens is 613 g/mol. The fraction of sp³-hybridized carbons (Fsp3) is 0.273. The van der Waals surface area contributed by atoms with Gasteiger partial charge in [-0.2, -0.15) is 5.10 Å². The Kier molecular flexibility index (Phi) is 9.58. The summed E-state index contributed by atoms with van der Waals surface area (Å²) in [5.41, 5.74) is 6.88. The maximum atomic E-state index is 11.5. The van der Waals surface area contributed by atoms with Crippen molar-refractivity contribution in [3.63, 3.8) is 0 Å². The van der Waals surface area contributed by atoms with Gasteiger partial charge in [0.05, 0.1) is 47.0 Å². The summed E-state index contributed by atoms with van der Waals surface area (Å²) in [6, 6.07) is 19.4. The number of pyridine rings is 1. The van der Waals surface area contributed by atoms with E-state index in [2.05, 4.69) is 20.9 Å². The van der Waals surface area contributed by atoms with Crippen molar-refractivity contribution >= 4 is 34.8 Å². The predicted molar refractivity (Wildman–Crippen MR) is 175 cm³/mol. The Bertz CT molecular complexity index is 1850. The number of methoxy groups -OCH3 is 1. The lowest BCUT2D eigenvalue weighted by molar-refractivity contribution is -0.119. The molecule has 0 saturated carbocycles. The summed E-state index contributed by atoms with van der Waals surface area (Å²) in [4.78, 5) is 20.8. The fourth-order valence-corrected chi connectivity index (χ4v) is 6.12. The maximum absolute atomic E-state index is 11.5. The summed E-state index contributed by atoms with van der Waals surface area (Å²) in [5, 5.41) is 24.3. The van der Waals surface area contributed by atoms with E-state index in [0.717, 1.165) is 45.6 Å². The van der Waals surface area contributed by atoms with Gasteiger partial charge in [0.2, 0.25) is 11.8 Å². The standard InChI is InChI=1S/C33H33Cl2N7O3/c1-45-33-20(16-37-17-21-9-13-30(44)39-21)8-10-27(40-33)25-6-2-4-23(31(25)34)24-5-3-7-26(32(24)35)28-11-12-29-38-22(18-36-14-15-43)19-42(29)41-28/h2-8,10-12,19,21,36-37,43H,9,13-18H2,1H3,(H,39,44). The van der Waals surface area contributed by atoms with E-state index < -0.39 is 0 Å².